The maximum atomic E-state index is 12.7. The first kappa shape index (κ1) is 19.1. The monoisotopic (exact) mass is 365 g/mol. The van der Waals surface area contributed by atoms with E-state index in [9.17, 15) is 9.59 Å². The van der Waals surface area contributed by atoms with E-state index in [-0.39, 0.29) is 17.9 Å². The number of rotatable bonds is 6. The molecule has 1 atom stereocenters. The lowest BCUT2D eigenvalue weighted by molar-refractivity contribution is -0.131. The highest BCUT2D eigenvalue weighted by molar-refractivity contribution is 5.78. The molecular formula is C22H27N3O2. The number of hydrogen-bond acceptors (Lipinski definition) is 3. The summed E-state index contributed by atoms with van der Waals surface area (Å²) in [4.78, 5) is 28.0. The van der Waals surface area contributed by atoms with Crippen molar-refractivity contribution in [1.29, 1.82) is 0 Å². The number of amides is 2. The number of carbonyl (C=O) groups excluding carboxylic acids is 2. The van der Waals surface area contributed by atoms with Crippen LogP contribution in [0.2, 0.25) is 0 Å². The zero-order valence-corrected chi connectivity index (χ0v) is 15.8. The SMILES string of the molecule is CC(=O)N1CCN(CC(=O)NC(Cc2ccccc2)c2ccccc2)CC1. The number of nitrogens with one attached hydrogen (secondary N) is 1. The minimum Gasteiger partial charge on any atom is -0.348 e. The minimum absolute atomic E-state index is 0.0241. The molecule has 1 heterocycles. The Morgan fingerprint density at radius 2 is 1.52 bits per heavy atom. The van der Waals surface area contributed by atoms with Crippen molar-refractivity contribution in [1.82, 2.24) is 15.1 Å². The van der Waals surface area contributed by atoms with Crippen LogP contribution in [-0.4, -0.2) is 54.3 Å². The van der Waals surface area contributed by atoms with Gasteiger partial charge in [0.1, 0.15) is 0 Å². The van der Waals surface area contributed by atoms with E-state index in [1.807, 2.05) is 41.3 Å². The molecule has 1 aliphatic heterocycles. The van der Waals surface area contributed by atoms with Gasteiger partial charge >= 0.3 is 0 Å². The van der Waals surface area contributed by atoms with Gasteiger partial charge in [-0.3, -0.25) is 14.5 Å². The predicted molar refractivity (Wildman–Crippen MR) is 106 cm³/mol. The van der Waals surface area contributed by atoms with Crippen molar-refractivity contribution in [3.63, 3.8) is 0 Å². The van der Waals surface area contributed by atoms with E-state index in [1.54, 1.807) is 6.92 Å². The molecule has 0 radical (unpaired) electrons. The van der Waals surface area contributed by atoms with Crippen LogP contribution in [0.25, 0.3) is 0 Å². The van der Waals surface area contributed by atoms with Gasteiger partial charge in [0.2, 0.25) is 11.8 Å². The fraction of sp³-hybridized carbons (Fsp3) is 0.364. The van der Waals surface area contributed by atoms with Crippen LogP contribution in [0.1, 0.15) is 24.1 Å². The number of carbonyl (C=O) groups is 2. The second-order valence-electron chi connectivity index (χ2n) is 7.00. The smallest absolute Gasteiger partial charge is 0.234 e. The van der Waals surface area contributed by atoms with Gasteiger partial charge < -0.3 is 10.2 Å². The van der Waals surface area contributed by atoms with Gasteiger partial charge in [-0.1, -0.05) is 60.7 Å². The number of hydrogen-bond donors (Lipinski definition) is 1. The Morgan fingerprint density at radius 3 is 2.11 bits per heavy atom. The number of benzene rings is 2. The highest BCUT2D eigenvalue weighted by Crippen LogP contribution is 2.18. The van der Waals surface area contributed by atoms with E-state index >= 15 is 0 Å². The molecule has 0 spiro atoms. The molecule has 0 saturated carbocycles. The van der Waals surface area contributed by atoms with Gasteiger partial charge in [0.25, 0.3) is 0 Å². The Labute approximate surface area is 161 Å². The van der Waals surface area contributed by atoms with E-state index < -0.39 is 0 Å². The third-order valence-corrected chi connectivity index (χ3v) is 5.00. The zero-order valence-electron chi connectivity index (χ0n) is 15.8. The number of nitrogens with zero attached hydrogens (tertiary/aromatic N) is 2. The first-order chi connectivity index (χ1) is 13.1. The van der Waals surface area contributed by atoms with Gasteiger partial charge in [0.15, 0.2) is 0 Å². The molecule has 142 valence electrons. The van der Waals surface area contributed by atoms with Gasteiger partial charge in [0, 0.05) is 33.1 Å². The average Bonchev–Trinajstić information content (AvgIpc) is 2.69. The van der Waals surface area contributed by atoms with Crippen molar-refractivity contribution >= 4 is 11.8 Å². The molecule has 2 aromatic rings. The quantitative estimate of drug-likeness (QED) is 0.854. The maximum Gasteiger partial charge on any atom is 0.234 e. The lowest BCUT2D eigenvalue weighted by Gasteiger charge is -2.34. The van der Waals surface area contributed by atoms with Crippen molar-refractivity contribution in [3.05, 3.63) is 71.8 Å². The van der Waals surface area contributed by atoms with Crippen LogP contribution in [0, 0.1) is 0 Å². The van der Waals surface area contributed by atoms with Crippen molar-refractivity contribution < 1.29 is 9.59 Å². The molecule has 1 fully saturated rings. The molecule has 27 heavy (non-hydrogen) atoms. The van der Waals surface area contributed by atoms with Crippen LogP contribution < -0.4 is 5.32 Å². The third-order valence-electron chi connectivity index (χ3n) is 5.00. The Morgan fingerprint density at radius 1 is 0.926 bits per heavy atom. The molecule has 2 aromatic carbocycles. The van der Waals surface area contributed by atoms with Crippen LogP contribution >= 0.6 is 0 Å². The second-order valence-corrected chi connectivity index (χ2v) is 7.00. The molecule has 1 saturated heterocycles. The van der Waals surface area contributed by atoms with E-state index in [0.717, 1.165) is 25.1 Å². The molecule has 0 aliphatic carbocycles. The van der Waals surface area contributed by atoms with E-state index in [0.29, 0.717) is 19.6 Å². The van der Waals surface area contributed by atoms with Crippen molar-refractivity contribution in [2.75, 3.05) is 32.7 Å². The summed E-state index contributed by atoms with van der Waals surface area (Å²) in [5.74, 6) is 0.127. The normalized spacial score (nSPS) is 16.0. The summed E-state index contributed by atoms with van der Waals surface area (Å²) in [5, 5.41) is 3.20. The molecule has 1 unspecified atom stereocenters. The first-order valence-electron chi connectivity index (χ1n) is 9.48. The minimum atomic E-state index is -0.0559. The molecule has 1 aliphatic rings. The zero-order chi connectivity index (χ0) is 19.1. The third kappa shape index (κ3) is 5.66. The fourth-order valence-corrected chi connectivity index (χ4v) is 3.45. The summed E-state index contributed by atoms with van der Waals surface area (Å²) < 4.78 is 0. The Hall–Kier alpha value is -2.66. The average molecular weight is 365 g/mol. The van der Waals surface area contributed by atoms with E-state index in [2.05, 4.69) is 34.5 Å². The lowest BCUT2D eigenvalue weighted by Crippen LogP contribution is -2.50. The van der Waals surface area contributed by atoms with Gasteiger partial charge in [-0.15, -0.1) is 0 Å². The highest BCUT2D eigenvalue weighted by Gasteiger charge is 2.22. The van der Waals surface area contributed by atoms with E-state index in [1.165, 1.54) is 5.56 Å². The van der Waals surface area contributed by atoms with Crippen molar-refractivity contribution in [3.8, 4) is 0 Å². The summed E-state index contributed by atoms with van der Waals surface area (Å²) in [6, 6.07) is 20.3. The van der Waals surface area contributed by atoms with Crippen LogP contribution in [0.3, 0.4) is 0 Å². The van der Waals surface area contributed by atoms with Gasteiger partial charge in [-0.2, -0.15) is 0 Å². The highest BCUT2D eigenvalue weighted by atomic mass is 16.2. The van der Waals surface area contributed by atoms with Crippen molar-refractivity contribution in [2.45, 2.75) is 19.4 Å². The molecule has 1 N–H and O–H groups in total. The predicted octanol–water partition coefficient (Wildman–Crippen LogP) is 2.25. The van der Waals surface area contributed by atoms with E-state index in [4.69, 9.17) is 0 Å². The topological polar surface area (TPSA) is 52.7 Å². The number of piperazine rings is 1. The summed E-state index contributed by atoms with van der Waals surface area (Å²) in [7, 11) is 0. The Kier molecular flexibility index (Phi) is 6.60. The molecule has 0 bridgehead atoms. The summed E-state index contributed by atoms with van der Waals surface area (Å²) in [6.07, 6.45) is 0.759. The summed E-state index contributed by atoms with van der Waals surface area (Å²) in [6.45, 7) is 4.81. The summed E-state index contributed by atoms with van der Waals surface area (Å²) >= 11 is 0. The molecule has 0 aromatic heterocycles. The largest absolute Gasteiger partial charge is 0.348 e. The summed E-state index contributed by atoms with van der Waals surface area (Å²) in [5.41, 5.74) is 2.30. The maximum absolute atomic E-state index is 12.7. The lowest BCUT2D eigenvalue weighted by atomic mass is 9.99. The second kappa shape index (κ2) is 9.33. The van der Waals surface area contributed by atoms with Gasteiger partial charge in [0.05, 0.1) is 12.6 Å². The Balaban J connectivity index is 1.60. The first-order valence-corrected chi connectivity index (χ1v) is 9.48. The van der Waals surface area contributed by atoms with Gasteiger partial charge in [-0.05, 0) is 17.5 Å². The van der Waals surface area contributed by atoms with Crippen LogP contribution in [0.5, 0.6) is 0 Å². The fourth-order valence-electron chi connectivity index (χ4n) is 3.45. The van der Waals surface area contributed by atoms with Crippen molar-refractivity contribution in [2.24, 2.45) is 0 Å². The molecule has 2 amide bonds. The van der Waals surface area contributed by atoms with Crippen LogP contribution in [0.4, 0.5) is 0 Å². The standard InChI is InChI=1S/C22H27N3O2/c1-18(26)25-14-12-24(13-15-25)17-22(27)23-21(20-10-6-3-7-11-20)16-19-8-4-2-5-9-19/h2-11,21H,12-17H2,1H3,(H,23,27). The molecule has 5 nitrogen and oxygen atoms in total. The molecule has 5 heteroatoms. The molecular weight excluding hydrogens is 338 g/mol. The Bertz CT molecular complexity index is 741. The van der Waals surface area contributed by atoms with Crippen LogP contribution in [-0.2, 0) is 16.0 Å². The molecule has 3 rings (SSSR count). The van der Waals surface area contributed by atoms with Gasteiger partial charge in [-0.25, -0.2) is 0 Å². The van der Waals surface area contributed by atoms with Crippen LogP contribution in [0.15, 0.2) is 60.7 Å².